The Morgan fingerprint density at radius 2 is 1.52 bits per heavy atom. The third-order valence-electron chi connectivity index (χ3n) is 3.93. The molecule has 3 aromatic carbocycles. The van der Waals surface area contributed by atoms with Crippen molar-refractivity contribution in [1.29, 1.82) is 0 Å². The van der Waals surface area contributed by atoms with E-state index in [4.69, 9.17) is 4.74 Å². The number of fused-ring (bicyclic) bond motifs is 2. The number of allylic oxidation sites excluding steroid dienone is 1. The van der Waals surface area contributed by atoms with Crippen LogP contribution in [0.25, 0.3) is 16.5 Å². The predicted molar refractivity (Wildman–Crippen MR) is 88.1 cm³/mol. The van der Waals surface area contributed by atoms with Crippen LogP contribution in [0.5, 0.6) is 0 Å². The summed E-state index contributed by atoms with van der Waals surface area (Å²) in [4.78, 5) is 24.5. The summed E-state index contributed by atoms with van der Waals surface area (Å²) in [6, 6.07) is 20.4. The number of rotatable bonds is 2. The van der Waals surface area contributed by atoms with Crippen molar-refractivity contribution < 1.29 is 14.3 Å². The van der Waals surface area contributed by atoms with Gasteiger partial charge in [0.05, 0.1) is 5.56 Å². The smallest absolute Gasteiger partial charge is 0.344 e. The third kappa shape index (κ3) is 2.23. The first kappa shape index (κ1) is 13.5. The number of carbonyl (C=O) groups is 2. The van der Waals surface area contributed by atoms with E-state index >= 15 is 0 Å². The first-order chi connectivity index (χ1) is 11.2. The summed E-state index contributed by atoms with van der Waals surface area (Å²) in [7, 11) is 0. The molecule has 4 rings (SSSR count). The lowest BCUT2D eigenvalue weighted by Crippen LogP contribution is -1.98. The highest BCUT2D eigenvalue weighted by molar-refractivity contribution is 6.17. The van der Waals surface area contributed by atoms with E-state index in [9.17, 15) is 9.59 Å². The Morgan fingerprint density at radius 3 is 2.39 bits per heavy atom. The summed E-state index contributed by atoms with van der Waals surface area (Å²) in [5, 5.41) is 1.88. The fraction of sp³-hybridized carbons (Fsp3) is 0. The molecule has 0 fully saturated rings. The quantitative estimate of drug-likeness (QED) is 0.404. The van der Waals surface area contributed by atoms with Gasteiger partial charge in [-0.25, -0.2) is 4.79 Å². The zero-order valence-electron chi connectivity index (χ0n) is 12.2. The lowest BCUT2D eigenvalue weighted by molar-refractivity contribution is 0.0715. The van der Waals surface area contributed by atoms with E-state index in [1.165, 1.54) is 6.08 Å². The minimum atomic E-state index is -0.419. The van der Waals surface area contributed by atoms with Crippen LogP contribution in [-0.2, 0) is 4.74 Å². The van der Waals surface area contributed by atoms with Crippen LogP contribution in [0.1, 0.15) is 26.3 Å². The van der Waals surface area contributed by atoms with Gasteiger partial charge in [-0.2, -0.15) is 0 Å². The summed E-state index contributed by atoms with van der Waals surface area (Å²) >= 11 is 0. The van der Waals surface area contributed by atoms with Gasteiger partial charge in [0.2, 0.25) is 0 Å². The van der Waals surface area contributed by atoms with Gasteiger partial charge in [-0.15, -0.1) is 0 Å². The van der Waals surface area contributed by atoms with Crippen LogP contribution in [-0.4, -0.2) is 11.8 Å². The molecule has 3 aromatic rings. The second kappa shape index (κ2) is 5.21. The average Bonchev–Trinajstić information content (AvgIpc) is 2.91. The number of ether oxygens (including phenoxy) is 1. The van der Waals surface area contributed by atoms with E-state index in [0.29, 0.717) is 22.4 Å². The van der Waals surface area contributed by atoms with Crippen molar-refractivity contribution in [2.24, 2.45) is 0 Å². The van der Waals surface area contributed by atoms with Crippen LogP contribution in [0.3, 0.4) is 0 Å². The molecular formula is C20H12O3. The van der Waals surface area contributed by atoms with Gasteiger partial charge in [0, 0.05) is 17.2 Å². The monoisotopic (exact) mass is 300 g/mol. The molecule has 0 saturated carbocycles. The second-order valence-corrected chi connectivity index (χ2v) is 5.33. The van der Waals surface area contributed by atoms with Gasteiger partial charge in [-0.3, -0.25) is 4.79 Å². The minimum Gasteiger partial charge on any atom is -0.422 e. The van der Waals surface area contributed by atoms with E-state index in [2.05, 4.69) is 0 Å². The average molecular weight is 300 g/mol. The number of cyclic esters (lactones) is 1. The molecule has 1 heterocycles. The Hall–Kier alpha value is -3.20. The maximum atomic E-state index is 12.7. The molecule has 0 aliphatic carbocycles. The van der Waals surface area contributed by atoms with E-state index in [1.807, 2.05) is 42.5 Å². The van der Waals surface area contributed by atoms with Crippen LogP contribution in [0, 0.1) is 0 Å². The van der Waals surface area contributed by atoms with Crippen molar-refractivity contribution in [3.05, 3.63) is 89.5 Å². The highest BCUT2D eigenvalue weighted by Crippen LogP contribution is 2.30. The molecule has 3 heteroatoms. The Bertz CT molecular complexity index is 978. The maximum absolute atomic E-state index is 12.7. The third-order valence-corrected chi connectivity index (χ3v) is 3.93. The molecule has 0 unspecified atom stereocenters. The van der Waals surface area contributed by atoms with Gasteiger partial charge in [-0.05, 0) is 16.8 Å². The lowest BCUT2D eigenvalue weighted by atomic mass is 10.00. The standard InChI is InChI=1S/C20H12O3/c21-18(15-11-5-7-13-6-1-2-8-14(13)15)12-19-16-9-3-4-10-17(16)20(22)23-19/h1-12H. The van der Waals surface area contributed by atoms with Gasteiger partial charge in [0.15, 0.2) is 5.78 Å². The number of hydrogen-bond donors (Lipinski definition) is 0. The van der Waals surface area contributed by atoms with Crippen molar-refractivity contribution in [3.63, 3.8) is 0 Å². The van der Waals surface area contributed by atoms with Crippen molar-refractivity contribution in [2.45, 2.75) is 0 Å². The van der Waals surface area contributed by atoms with Crippen molar-refractivity contribution in [2.75, 3.05) is 0 Å². The summed E-state index contributed by atoms with van der Waals surface area (Å²) < 4.78 is 5.24. The van der Waals surface area contributed by atoms with Gasteiger partial charge < -0.3 is 4.74 Å². The fourth-order valence-corrected chi connectivity index (χ4v) is 2.83. The molecule has 0 spiro atoms. The van der Waals surface area contributed by atoms with E-state index in [1.54, 1.807) is 24.3 Å². The van der Waals surface area contributed by atoms with Gasteiger partial charge in [0.25, 0.3) is 0 Å². The second-order valence-electron chi connectivity index (χ2n) is 5.33. The Morgan fingerprint density at radius 1 is 0.826 bits per heavy atom. The van der Waals surface area contributed by atoms with Crippen LogP contribution in [0.2, 0.25) is 0 Å². The summed E-state index contributed by atoms with van der Waals surface area (Å²) in [5.74, 6) is -0.289. The first-order valence-electron chi connectivity index (χ1n) is 7.29. The zero-order chi connectivity index (χ0) is 15.8. The van der Waals surface area contributed by atoms with Crippen LogP contribution in [0.15, 0.2) is 72.8 Å². The van der Waals surface area contributed by atoms with Crippen molar-refractivity contribution in [1.82, 2.24) is 0 Å². The molecule has 0 N–H and O–H groups in total. The predicted octanol–water partition coefficient (Wildman–Crippen LogP) is 4.23. The Kier molecular flexibility index (Phi) is 3.05. The van der Waals surface area contributed by atoms with E-state index in [0.717, 1.165) is 10.8 Å². The largest absolute Gasteiger partial charge is 0.422 e. The van der Waals surface area contributed by atoms with E-state index in [-0.39, 0.29) is 5.78 Å². The summed E-state index contributed by atoms with van der Waals surface area (Å²) in [6.45, 7) is 0. The first-order valence-corrected chi connectivity index (χ1v) is 7.29. The van der Waals surface area contributed by atoms with Gasteiger partial charge in [0.1, 0.15) is 5.76 Å². The Balaban J connectivity index is 1.80. The molecular weight excluding hydrogens is 288 g/mol. The van der Waals surface area contributed by atoms with Crippen LogP contribution < -0.4 is 0 Å². The normalized spacial score (nSPS) is 14.8. The van der Waals surface area contributed by atoms with Gasteiger partial charge in [-0.1, -0.05) is 60.7 Å². The molecule has 1 aliphatic rings. The number of ketones is 1. The van der Waals surface area contributed by atoms with Gasteiger partial charge >= 0.3 is 5.97 Å². The van der Waals surface area contributed by atoms with E-state index < -0.39 is 5.97 Å². The topological polar surface area (TPSA) is 43.4 Å². The highest BCUT2D eigenvalue weighted by Gasteiger charge is 2.26. The molecule has 0 radical (unpaired) electrons. The molecule has 0 aromatic heterocycles. The highest BCUT2D eigenvalue weighted by atomic mass is 16.5. The zero-order valence-corrected chi connectivity index (χ0v) is 12.2. The maximum Gasteiger partial charge on any atom is 0.344 e. The number of esters is 1. The number of carbonyl (C=O) groups excluding carboxylic acids is 2. The van der Waals surface area contributed by atoms with Crippen LogP contribution >= 0.6 is 0 Å². The molecule has 0 saturated heterocycles. The minimum absolute atomic E-state index is 0.179. The molecule has 3 nitrogen and oxygen atoms in total. The SMILES string of the molecule is O=C1OC(=CC(=O)c2cccc3ccccc23)c2ccccc21. The van der Waals surface area contributed by atoms with Crippen molar-refractivity contribution in [3.8, 4) is 0 Å². The fourth-order valence-electron chi connectivity index (χ4n) is 2.83. The molecule has 0 atom stereocenters. The molecule has 1 aliphatic heterocycles. The molecule has 110 valence electrons. The number of benzene rings is 3. The molecule has 0 amide bonds. The lowest BCUT2D eigenvalue weighted by Gasteiger charge is -2.04. The van der Waals surface area contributed by atoms with Crippen molar-refractivity contribution >= 4 is 28.3 Å². The molecule has 23 heavy (non-hydrogen) atoms. The summed E-state index contributed by atoms with van der Waals surface area (Å²) in [5.41, 5.74) is 1.74. The van der Waals surface area contributed by atoms with Crippen LogP contribution in [0.4, 0.5) is 0 Å². The summed E-state index contributed by atoms with van der Waals surface area (Å²) in [6.07, 6.45) is 1.39. The number of hydrogen-bond acceptors (Lipinski definition) is 3. The molecule has 0 bridgehead atoms. The Labute approximate surface area is 132 Å².